The van der Waals surface area contributed by atoms with E-state index < -0.39 is 52.1 Å². The largest absolute Gasteiger partial charge is 0.444 e. The Morgan fingerprint density at radius 2 is 2.00 bits per heavy atom. The Morgan fingerprint density at radius 3 is 2.48 bits per heavy atom. The smallest absolute Gasteiger partial charge is 0.410 e. The van der Waals surface area contributed by atoms with Gasteiger partial charge in [0.05, 0.1) is 10.9 Å². The van der Waals surface area contributed by atoms with E-state index in [0.29, 0.717) is 4.88 Å². The van der Waals surface area contributed by atoms with Crippen molar-refractivity contribution in [1.82, 2.24) is 14.9 Å². The molecular weight excluding hydrogens is 452 g/mol. The van der Waals surface area contributed by atoms with Crippen molar-refractivity contribution in [2.45, 2.75) is 58.5 Å². The third kappa shape index (κ3) is 6.38. The summed E-state index contributed by atoms with van der Waals surface area (Å²) in [7, 11) is -4.72. The zero-order valence-corrected chi connectivity index (χ0v) is 19.1. The number of ether oxygens (including phenoxy) is 1. The summed E-state index contributed by atoms with van der Waals surface area (Å²) in [6, 6.07) is 1.11. The highest BCUT2D eigenvalue weighted by atomic mass is 32.2. The lowest BCUT2D eigenvalue weighted by Crippen LogP contribution is -2.71. The summed E-state index contributed by atoms with van der Waals surface area (Å²) in [5, 5.41) is 10.3. The number of thiophene rings is 1. The number of oxime groups is 1. The number of alkyl carbamates (subject to hydrolysis) is 1. The van der Waals surface area contributed by atoms with E-state index in [1.807, 2.05) is 0 Å². The Kier molecular flexibility index (Phi) is 7.28. The molecule has 3 atom stereocenters. The third-order valence-corrected chi connectivity index (χ3v) is 5.75. The van der Waals surface area contributed by atoms with Crippen molar-refractivity contribution in [3.8, 4) is 0 Å². The minimum Gasteiger partial charge on any atom is -0.444 e. The van der Waals surface area contributed by atoms with Gasteiger partial charge in [0.15, 0.2) is 11.9 Å². The molecule has 3 N–H and O–H groups in total. The highest BCUT2D eigenvalue weighted by Crippen LogP contribution is 2.23. The summed E-state index contributed by atoms with van der Waals surface area (Å²) in [6.45, 7) is 7.91. The number of carbonyl (C=O) groups excluding carboxylic acids is 3. The fraction of sp³-hybridized carbons (Fsp3) is 0.529. The summed E-state index contributed by atoms with van der Waals surface area (Å²) in [4.78, 5) is 42.1. The zero-order valence-electron chi connectivity index (χ0n) is 17.5. The first kappa shape index (κ1) is 24.6. The van der Waals surface area contributed by atoms with E-state index in [9.17, 15) is 22.8 Å². The fourth-order valence-corrected chi connectivity index (χ4v) is 4.14. The molecule has 0 saturated carbocycles. The van der Waals surface area contributed by atoms with Gasteiger partial charge in [-0.1, -0.05) is 11.2 Å². The van der Waals surface area contributed by atoms with E-state index in [0.717, 1.165) is 0 Å². The number of β-lactam (4-membered cyclic amide) rings is 1. The molecule has 1 fully saturated rings. The number of carbonyl (C=O) groups is 3. The Balaban J connectivity index is 2.08. The van der Waals surface area contributed by atoms with Gasteiger partial charge in [0.2, 0.25) is 0 Å². The van der Waals surface area contributed by atoms with Gasteiger partial charge < -0.3 is 14.9 Å². The van der Waals surface area contributed by atoms with Crippen LogP contribution in [0.4, 0.5) is 4.79 Å². The first-order valence-corrected chi connectivity index (χ1v) is 11.4. The van der Waals surface area contributed by atoms with Gasteiger partial charge in [-0.3, -0.25) is 19.5 Å². The average molecular weight is 477 g/mol. The normalized spacial score (nSPS) is 20.5. The second-order valence-corrected chi connectivity index (χ2v) is 9.85. The third-order valence-electron chi connectivity index (χ3n) is 3.86. The van der Waals surface area contributed by atoms with E-state index in [4.69, 9.17) is 14.1 Å². The first-order chi connectivity index (χ1) is 14.2. The van der Waals surface area contributed by atoms with Crippen LogP contribution in [0, 0.1) is 0 Å². The molecule has 2 rings (SSSR count). The van der Waals surface area contributed by atoms with Gasteiger partial charge in [-0.05, 0) is 46.1 Å². The maximum absolute atomic E-state index is 12.7. The van der Waals surface area contributed by atoms with Gasteiger partial charge in [0.1, 0.15) is 11.6 Å². The van der Waals surface area contributed by atoms with Gasteiger partial charge in [0, 0.05) is 0 Å². The molecule has 1 aromatic rings. The van der Waals surface area contributed by atoms with E-state index in [1.165, 1.54) is 25.2 Å². The Morgan fingerprint density at radius 1 is 1.35 bits per heavy atom. The molecule has 31 heavy (non-hydrogen) atoms. The van der Waals surface area contributed by atoms with Gasteiger partial charge in [-0.2, -0.15) is 8.42 Å². The topological polar surface area (TPSA) is 164 Å². The fourth-order valence-electron chi connectivity index (χ4n) is 2.56. The molecule has 0 radical (unpaired) electrons. The molecule has 2 heterocycles. The van der Waals surface area contributed by atoms with Gasteiger partial charge in [-0.15, -0.1) is 11.3 Å². The van der Waals surface area contributed by atoms with Crippen LogP contribution < -0.4 is 10.6 Å². The lowest BCUT2D eigenvalue weighted by atomic mass is 10.0. The molecule has 0 aromatic carbocycles. The lowest BCUT2D eigenvalue weighted by molar-refractivity contribution is -0.143. The van der Waals surface area contributed by atoms with E-state index in [-0.39, 0.29) is 10.0 Å². The number of amides is 3. The lowest BCUT2D eigenvalue weighted by Gasteiger charge is -2.42. The highest BCUT2D eigenvalue weighted by molar-refractivity contribution is 7.84. The molecule has 1 unspecified atom stereocenters. The van der Waals surface area contributed by atoms with E-state index >= 15 is 0 Å². The summed E-state index contributed by atoms with van der Waals surface area (Å²) < 4.78 is 36.8. The van der Waals surface area contributed by atoms with Crippen molar-refractivity contribution in [2.24, 2.45) is 5.16 Å². The minimum atomic E-state index is -4.72. The molecule has 1 aromatic heterocycles. The SMILES string of the molecule is CC(NC(=O)OC(C)(C)C)ON=C(C(=O)N[C@@H]1C(=O)N(S(=O)(=O)O)[C@H]1C)c1cccs1. The minimum absolute atomic E-state index is 0.182. The van der Waals surface area contributed by atoms with Gasteiger partial charge in [-0.25, -0.2) is 9.10 Å². The zero-order chi connectivity index (χ0) is 23.6. The highest BCUT2D eigenvalue weighted by Gasteiger charge is 2.51. The molecule has 0 spiro atoms. The van der Waals surface area contributed by atoms with Crippen molar-refractivity contribution in [1.29, 1.82) is 0 Å². The number of rotatable bonds is 7. The molecule has 1 saturated heterocycles. The Bertz CT molecular complexity index is 969. The number of nitrogens with zero attached hydrogens (tertiary/aromatic N) is 2. The van der Waals surface area contributed by atoms with Crippen molar-refractivity contribution in [3.05, 3.63) is 22.4 Å². The second kappa shape index (κ2) is 9.20. The Hall–Kier alpha value is -2.71. The maximum atomic E-state index is 12.7. The van der Waals surface area contributed by atoms with Crippen LogP contribution in [-0.4, -0.2) is 64.8 Å². The van der Waals surface area contributed by atoms with Crippen LogP contribution in [0.15, 0.2) is 22.7 Å². The molecule has 1 aliphatic rings. The molecule has 3 amide bonds. The maximum Gasteiger partial charge on any atom is 0.410 e. The van der Waals surface area contributed by atoms with Gasteiger partial charge in [0.25, 0.3) is 11.8 Å². The van der Waals surface area contributed by atoms with Crippen molar-refractivity contribution in [3.63, 3.8) is 0 Å². The predicted molar refractivity (Wildman–Crippen MR) is 111 cm³/mol. The second-order valence-electron chi connectivity index (χ2n) is 7.61. The number of hydrogen-bond acceptors (Lipinski definition) is 9. The van der Waals surface area contributed by atoms with Crippen LogP contribution in [0.1, 0.15) is 39.5 Å². The van der Waals surface area contributed by atoms with E-state index in [1.54, 1.807) is 38.3 Å². The quantitative estimate of drug-likeness (QED) is 0.171. The van der Waals surface area contributed by atoms with Crippen LogP contribution in [0.2, 0.25) is 0 Å². The van der Waals surface area contributed by atoms with Crippen molar-refractivity contribution < 1.29 is 36.9 Å². The predicted octanol–water partition coefficient (Wildman–Crippen LogP) is 0.858. The molecule has 172 valence electrons. The van der Waals surface area contributed by atoms with Crippen LogP contribution in [0.25, 0.3) is 0 Å². The average Bonchev–Trinajstić information content (AvgIpc) is 3.11. The summed E-state index contributed by atoms with van der Waals surface area (Å²) in [5.41, 5.74) is -0.894. The van der Waals surface area contributed by atoms with Crippen LogP contribution in [0.3, 0.4) is 0 Å². The molecular formula is C17H24N4O8S2. The first-order valence-electron chi connectivity index (χ1n) is 9.09. The molecule has 1 aliphatic heterocycles. The van der Waals surface area contributed by atoms with Gasteiger partial charge >= 0.3 is 16.4 Å². The van der Waals surface area contributed by atoms with Crippen molar-refractivity contribution in [2.75, 3.05) is 0 Å². The van der Waals surface area contributed by atoms with Crippen LogP contribution in [-0.2, 0) is 29.5 Å². The van der Waals surface area contributed by atoms with E-state index in [2.05, 4.69) is 15.8 Å². The summed E-state index contributed by atoms with van der Waals surface area (Å²) >= 11 is 1.18. The standard InChI is InChI=1S/C17H24N4O8S2/c1-9-12(15(23)21(9)31(25,26)27)19-14(22)13(11-7-6-8-30-11)20-29-10(2)18-16(24)28-17(3,4)5/h6-10,12H,1-5H3,(H,18,24)(H,19,22)(H,25,26,27)/t9-,10?,12-/m0/s1. The number of nitrogens with one attached hydrogen (secondary N) is 2. The summed E-state index contributed by atoms with van der Waals surface area (Å²) in [6.07, 6.45) is -1.69. The Labute approximate surface area is 183 Å². The van der Waals surface area contributed by atoms with Crippen LogP contribution in [0.5, 0.6) is 0 Å². The van der Waals surface area contributed by atoms with Crippen molar-refractivity contribution >= 4 is 45.3 Å². The molecule has 0 aliphatic carbocycles. The number of hydrogen-bond donors (Lipinski definition) is 3. The molecule has 0 bridgehead atoms. The molecule has 14 heteroatoms. The molecule has 12 nitrogen and oxygen atoms in total. The summed E-state index contributed by atoms with van der Waals surface area (Å²) in [5.74, 6) is -1.78. The van der Waals surface area contributed by atoms with Crippen LogP contribution >= 0.6 is 11.3 Å². The monoisotopic (exact) mass is 476 g/mol.